The highest BCUT2D eigenvalue weighted by Gasteiger charge is 1.94. The van der Waals surface area contributed by atoms with Crippen LogP contribution in [-0.2, 0) is 0 Å². The van der Waals surface area contributed by atoms with Crippen LogP contribution in [0.4, 0.5) is 0 Å². The SMILES string of the molecule is CCC(C)SC/C=C/CCl. The third-order valence-corrected chi connectivity index (χ3v) is 2.77. The predicted octanol–water partition coefficient (Wildman–Crippen LogP) is 3.31. The van der Waals surface area contributed by atoms with Gasteiger partial charge in [0, 0.05) is 16.9 Å². The minimum Gasteiger partial charge on any atom is -0.155 e. The minimum atomic E-state index is 0.640. The Labute approximate surface area is 73.0 Å². The van der Waals surface area contributed by atoms with E-state index in [2.05, 4.69) is 19.9 Å². The van der Waals surface area contributed by atoms with Gasteiger partial charge in [-0.15, -0.1) is 11.6 Å². The molecule has 0 N–H and O–H groups in total. The standard InChI is InChI=1S/C8H15ClS/c1-3-8(2)10-7-5-4-6-9/h4-5,8H,3,6-7H2,1-2H3/b5-4+. The fourth-order valence-electron chi connectivity index (χ4n) is 0.469. The summed E-state index contributed by atoms with van der Waals surface area (Å²) in [5, 5.41) is 0.778. The van der Waals surface area contributed by atoms with Gasteiger partial charge in [-0.2, -0.15) is 11.8 Å². The quantitative estimate of drug-likeness (QED) is 0.460. The maximum absolute atomic E-state index is 5.45. The molecule has 1 atom stereocenters. The first-order valence-corrected chi connectivity index (χ1v) is 5.22. The molecule has 0 aromatic rings. The Morgan fingerprint density at radius 1 is 1.50 bits per heavy atom. The Kier molecular flexibility index (Phi) is 7.77. The van der Waals surface area contributed by atoms with E-state index in [9.17, 15) is 0 Å². The Morgan fingerprint density at radius 3 is 2.70 bits per heavy atom. The molecule has 2 heteroatoms. The maximum atomic E-state index is 5.45. The summed E-state index contributed by atoms with van der Waals surface area (Å²) in [5.41, 5.74) is 0. The van der Waals surface area contributed by atoms with E-state index in [1.165, 1.54) is 6.42 Å². The molecule has 1 unspecified atom stereocenters. The lowest BCUT2D eigenvalue weighted by Crippen LogP contribution is -1.92. The van der Waals surface area contributed by atoms with Gasteiger partial charge in [0.2, 0.25) is 0 Å². The molecule has 10 heavy (non-hydrogen) atoms. The third kappa shape index (κ3) is 6.50. The molecule has 0 aliphatic heterocycles. The topological polar surface area (TPSA) is 0 Å². The van der Waals surface area contributed by atoms with Crippen LogP contribution in [-0.4, -0.2) is 16.9 Å². The summed E-state index contributed by atoms with van der Waals surface area (Å²) in [5.74, 6) is 1.74. The molecule has 60 valence electrons. The number of allylic oxidation sites excluding steroid dienone is 1. The van der Waals surface area contributed by atoms with Crippen molar-refractivity contribution in [1.82, 2.24) is 0 Å². The summed E-state index contributed by atoms with van der Waals surface area (Å²) in [6.07, 6.45) is 5.38. The van der Waals surface area contributed by atoms with E-state index >= 15 is 0 Å². The van der Waals surface area contributed by atoms with Crippen LogP contribution in [0.15, 0.2) is 12.2 Å². The van der Waals surface area contributed by atoms with E-state index in [0.29, 0.717) is 5.88 Å². The van der Waals surface area contributed by atoms with Crippen molar-refractivity contribution in [3.05, 3.63) is 12.2 Å². The number of alkyl halides is 1. The van der Waals surface area contributed by atoms with Crippen LogP contribution in [0, 0.1) is 0 Å². The number of hydrogen-bond acceptors (Lipinski definition) is 1. The van der Waals surface area contributed by atoms with Gasteiger partial charge >= 0.3 is 0 Å². The summed E-state index contributed by atoms with van der Waals surface area (Å²) in [6.45, 7) is 4.46. The molecular weight excluding hydrogens is 164 g/mol. The lowest BCUT2D eigenvalue weighted by molar-refractivity contribution is 0.907. The van der Waals surface area contributed by atoms with Crippen LogP contribution < -0.4 is 0 Å². The molecule has 0 saturated carbocycles. The van der Waals surface area contributed by atoms with Gasteiger partial charge in [0.1, 0.15) is 0 Å². The molecule has 0 bridgehead atoms. The first kappa shape index (κ1) is 10.4. The molecule has 0 amide bonds. The highest BCUT2D eigenvalue weighted by molar-refractivity contribution is 8.00. The second kappa shape index (κ2) is 7.49. The van der Waals surface area contributed by atoms with Crippen molar-refractivity contribution in [2.75, 3.05) is 11.6 Å². The molecule has 0 radical (unpaired) electrons. The van der Waals surface area contributed by atoms with Crippen LogP contribution in [0.2, 0.25) is 0 Å². The van der Waals surface area contributed by atoms with Gasteiger partial charge in [-0.3, -0.25) is 0 Å². The van der Waals surface area contributed by atoms with Crippen molar-refractivity contribution in [2.24, 2.45) is 0 Å². The first-order chi connectivity index (χ1) is 4.81. The van der Waals surface area contributed by atoms with Crippen molar-refractivity contribution in [3.8, 4) is 0 Å². The normalized spacial score (nSPS) is 14.3. The minimum absolute atomic E-state index is 0.640. The van der Waals surface area contributed by atoms with E-state index in [4.69, 9.17) is 11.6 Å². The summed E-state index contributed by atoms with van der Waals surface area (Å²) in [6, 6.07) is 0. The smallest absolute Gasteiger partial charge is 0.0404 e. The zero-order valence-corrected chi connectivity index (χ0v) is 8.21. The van der Waals surface area contributed by atoms with E-state index < -0.39 is 0 Å². The third-order valence-electron chi connectivity index (χ3n) is 1.31. The van der Waals surface area contributed by atoms with Crippen molar-refractivity contribution in [3.63, 3.8) is 0 Å². The molecule has 0 rings (SSSR count). The van der Waals surface area contributed by atoms with Crippen molar-refractivity contribution in [1.29, 1.82) is 0 Å². The monoisotopic (exact) mass is 178 g/mol. The van der Waals surface area contributed by atoms with Crippen LogP contribution in [0.3, 0.4) is 0 Å². The molecule has 0 spiro atoms. The second-order valence-electron chi connectivity index (χ2n) is 2.18. The van der Waals surface area contributed by atoms with Crippen LogP contribution >= 0.6 is 23.4 Å². The number of hydrogen-bond donors (Lipinski definition) is 0. The van der Waals surface area contributed by atoms with Gasteiger partial charge in [-0.25, -0.2) is 0 Å². The lowest BCUT2D eigenvalue weighted by Gasteiger charge is -2.03. The van der Waals surface area contributed by atoms with Crippen molar-refractivity contribution >= 4 is 23.4 Å². The molecular formula is C8H15ClS. The van der Waals surface area contributed by atoms with E-state index in [-0.39, 0.29) is 0 Å². The molecule has 0 aliphatic carbocycles. The highest BCUT2D eigenvalue weighted by atomic mass is 35.5. The summed E-state index contributed by atoms with van der Waals surface area (Å²) in [4.78, 5) is 0. The van der Waals surface area contributed by atoms with Crippen molar-refractivity contribution in [2.45, 2.75) is 25.5 Å². The van der Waals surface area contributed by atoms with Crippen molar-refractivity contribution < 1.29 is 0 Å². The predicted molar refractivity (Wildman–Crippen MR) is 52.1 cm³/mol. The van der Waals surface area contributed by atoms with Crippen LogP contribution in [0.25, 0.3) is 0 Å². The Hall–Kier alpha value is 0.380. The number of halogens is 1. The zero-order valence-electron chi connectivity index (χ0n) is 6.64. The number of rotatable bonds is 5. The molecule has 0 fully saturated rings. The van der Waals surface area contributed by atoms with Gasteiger partial charge < -0.3 is 0 Å². The fourth-order valence-corrected chi connectivity index (χ4v) is 1.41. The maximum Gasteiger partial charge on any atom is 0.0404 e. The zero-order chi connectivity index (χ0) is 7.82. The Bertz CT molecular complexity index is 91.3. The summed E-state index contributed by atoms with van der Waals surface area (Å²) >= 11 is 7.43. The van der Waals surface area contributed by atoms with Gasteiger partial charge in [-0.1, -0.05) is 26.0 Å². The number of thioether (sulfide) groups is 1. The molecule has 0 aromatic carbocycles. The first-order valence-electron chi connectivity index (χ1n) is 3.63. The van der Waals surface area contributed by atoms with Gasteiger partial charge in [-0.05, 0) is 6.42 Å². The van der Waals surface area contributed by atoms with Gasteiger partial charge in [0.15, 0.2) is 0 Å². The Balaban J connectivity index is 3.10. The largest absolute Gasteiger partial charge is 0.155 e. The fraction of sp³-hybridized carbons (Fsp3) is 0.750. The Morgan fingerprint density at radius 2 is 2.20 bits per heavy atom. The summed E-state index contributed by atoms with van der Waals surface area (Å²) in [7, 11) is 0. The average Bonchev–Trinajstić information content (AvgIpc) is 1.98. The van der Waals surface area contributed by atoms with Crippen LogP contribution in [0.1, 0.15) is 20.3 Å². The highest BCUT2D eigenvalue weighted by Crippen LogP contribution is 2.12. The molecule has 0 aromatic heterocycles. The van der Waals surface area contributed by atoms with E-state index in [1.54, 1.807) is 0 Å². The van der Waals surface area contributed by atoms with Gasteiger partial charge in [0.05, 0.1) is 0 Å². The van der Waals surface area contributed by atoms with Crippen LogP contribution in [0.5, 0.6) is 0 Å². The van der Waals surface area contributed by atoms with E-state index in [1.807, 2.05) is 17.8 Å². The summed E-state index contributed by atoms with van der Waals surface area (Å²) < 4.78 is 0. The average molecular weight is 179 g/mol. The van der Waals surface area contributed by atoms with E-state index in [0.717, 1.165) is 11.0 Å². The molecule has 0 heterocycles. The van der Waals surface area contributed by atoms with Gasteiger partial charge in [0.25, 0.3) is 0 Å². The lowest BCUT2D eigenvalue weighted by atomic mass is 10.4. The molecule has 0 nitrogen and oxygen atoms in total. The molecule has 0 aliphatic rings. The second-order valence-corrected chi connectivity index (χ2v) is 3.96. The molecule has 0 saturated heterocycles.